The van der Waals surface area contributed by atoms with Crippen molar-refractivity contribution in [3.05, 3.63) is 57.6 Å². The number of rotatable bonds is 4. The Morgan fingerprint density at radius 1 is 1.07 bits per heavy atom. The molecule has 0 amide bonds. The molecular formula is C22H24N2O4. The number of hydrogen-bond acceptors (Lipinski definition) is 5. The molecule has 0 aromatic heterocycles. The lowest BCUT2D eigenvalue weighted by atomic mass is 9.68. The molecule has 5 atom stereocenters. The van der Waals surface area contributed by atoms with Crippen LogP contribution in [0.1, 0.15) is 42.3 Å². The van der Waals surface area contributed by atoms with Gasteiger partial charge in [-0.15, -0.1) is 0 Å². The first kappa shape index (κ1) is 17.3. The second-order valence-corrected chi connectivity index (χ2v) is 8.17. The predicted molar refractivity (Wildman–Crippen MR) is 106 cm³/mol. The van der Waals surface area contributed by atoms with Crippen molar-refractivity contribution in [2.45, 2.75) is 31.2 Å². The average molecular weight is 380 g/mol. The lowest BCUT2D eigenvalue weighted by Gasteiger charge is -2.43. The van der Waals surface area contributed by atoms with E-state index in [2.05, 4.69) is 11.4 Å². The van der Waals surface area contributed by atoms with E-state index in [0.29, 0.717) is 23.7 Å². The third-order valence-corrected chi connectivity index (χ3v) is 7.05. The Kier molecular flexibility index (Phi) is 3.96. The molecule has 0 radical (unpaired) electrons. The number of nitro benzene ring substituents is 1. The van der Waals surface area contributed by atoms with Crippen molar-refractivity contribution in [3.63, 3.8) is 0 Å². The largest absolute Gasteiger partial charge is 0.493 e. The van der Waals surface area contributed by atoms with Crippen LogP contribution in [0.15, 0.2) is 36.4 Å². The minimum absolute atomic E-state index is 0.110. The minimum Gasteiger partial charge on any atom is -0.493 e. The number of non-ortho nitro benzene ring substituents is 1. The molecule has 2 aromatic rings. The summed E-state index contributed by atoms with van der Waals surface area (Å²) in [5.41, 5.74) is 3.41. The third-order valence-electron chi connectivity index (χ3n) is 7.05. The molecule has 3 aliphatic rings. The van der Waals surface area contributed by atoms with Crippen molar-refractivity contribution >= 4 is 11.4 Å². The summed E-state index contributed by atoms with van der Waals surface area (Å²) >= 11 is 0. The summed E-state index contributed by atoms with van der Waals surface area (Å²) in [4.78, 5) is 11.0. The van der Waals surface area contributed by atoms with E-state index in [-0.39, 0.29) is 16.7 Å². The van der Waals surface area contributed by atoms with Crippen LogP contribution in [0.2, 0.25) is 0 Å². The zero-order chi connectivity index (χ0) is 19.4. The zero-order valence-electron chi connectivity index (χ0n) is 16.1. The SMILES string of the molecule is COc1cccc([C@@H]2Nc3ccc([N+](=O)[O-])cc3[C@@H]3[C@H]4CC[C@@H](C4)[C@H]32)c1OC. The van der Waals surface area contributed by atoms with Crippen LogP contribution >= 0.6 is 0 Å². The molecule has 2 fully saturated rings. The van der Waals surface area contributed by atoms with Gasteiger partial charge in [-0.25, -0.2) is 0 Å². The quantitative estimate of drug-likeness (QED) is 0.603. The number of ether oxygens (including phenoxy) is 2. The summed E-state index contributed by atoms with van der Waals surface area (Å²) in [7, 11) is 3.34. The first-order chi connectivity index (χ1) is 13.6. The van der Waals surface area contributed by atoms with Crippen LogP contribution in [0.4, 0.5) is 11.4 Å². The highest BCUT2D eigenvalue weighted by Crippen LogP contribution is 2.64. The monoisotopic (exact) mass is 380 g/mol. The Morgan fingerprint density at radius 3 is 2.64 bits per heavy atom. The fourth-order valence-corrected chi connectivity index (χ4v) is 6.05. The fraction of sp³-hybridized carbons (Fsp3) is 0.455. The molecule has 146 valence electrons. The molecule has 1 heterocycles. The summed E-state index contributed by atoms with van der Waals surface area (Å²) in [5, 5.41) is 15.0. The number of fused-ring (bicyclic) bond motifs is 7. The number of anilines is 1. The normalized spacial score (nSPS) is 29.6. The summed E-state index contributed by atoms with van der Waals surface area (Å²) in [5.74, 6) is 3.52. The van der Waals surface area contributed by atoms with Gasteiger partial charge in [-0.3, -0.25) is 10.1 Å². The molecule has 0 unspecified atom stereocenters. The highest BCUT2D eigenvalue weighted by atomic mass is 16.6. The summed E-state index contributed by atoms with van der Waals surface area (Å²) < 4.78 is 11.3. The number of hydrogen-bond donors (Lipinski definition) is 1. The summed E-state index contributed by atoms with van der Waals surface area (Å²) in [6.07, 6.45) is 3.67. The van der Waals surface area contributed by atoms with Gasteiger partial charge in [-0.1, -0.05) is 12.1 Å². The van der Waals surface area contributed by atoms with Crippen LogP contribution in [-0.4, -0.2) is 19.1 Å². The van der Waals surface area contributed by atoms with E-state index in [0.717, 1.165) is 28.3 Å². The lowest BCUT2D eigenvalue weighted by Crippen LogP contribution is -2.35. The molecule has 28 heavy (non-hydrogen) atoms. The van der Waals surface area contributed by atoms with Gasteiger partial charge < -0.3 is 14.8 Å². The van der Waals surface area contributed by atoms with Crippen molar-refractivity contribution in [1.82, 2.24) is 0 Å². The molecule has 0 spiro atoms. The van der Waals surface area contributed by atoms with Crippen LogP contribution in [0.3, 0.4) is 0 Å². The highest BCUT2D eigenvalue weighted by Gasteiger charge is 2.54. The standard InChI is InChI=1S/C22H24N2O4/c1-27-18-5-3-4-15(22(18)28-2)21-20-13-7-6-12(10-13)19(20)16-11-14(24(25)26)8-9-17(16)23-21/h3-5,8-9,11-13,19-21,23H,6-7,10H2,1-2H3/t12-,13-,19-,20+,21-/m0/s1. The molecule has 5 rings (SSSR count). The Labute approximate surface area is 164 Å². The van der Waals surface area contributed by atoms with Crippen molar-refractivity contribution in [1.29, 1.82) is 0 Å². The van der Waals surface area contributed by atoms with Crippen LogP contribution in [0, 0.1) is 27.9 Å². The second-order valence-electron chi connectivity index (χ2n) is 8.17. The van der Waals surface area contributed by atoms with Crippen LogP contribution in [0.25, 0.3) is 0 Å². The number of methoxy groups -OCH3 is 2. The maximum absolute atomic E-state index is 11.3. The summed E-state index contributed by atoms with van der Waals surface area (Å²) in [6.45, 7) is 0. The summed E-state index contributed by atoms with van der Waals surface area (Å²) in [6, 6.07) is 11.4. The molecule has 0 saturated heterocycles. The van der Waals surface area contributed by atoms with Crippen molar-refractivity contribution < 1.29 is 14.4 Å². The number of benzene rings is 2. The molecule has 2 saturated carbocycles. The molecule has 2 aliphatic carbocycles. The molecular weight excluding hydrogens is 356 g/mol. The number of nitrogens with zero attached hydrogens (tertiary/aromatic N) is 1. The van der Waals surface area contributed by atoms with Gasteiger partial charge in [0.1, 0.15) is 0 Å². The van der Waals surface area contributed by atoms with Crippen molar-refractivity contribution in [2.75, 3.05) is 19.5 Å². The third kappa shape index (κ3) is 2.40. The minimum atomic E-state index is -0.292. The fourth-order valence-electron chi connectivity index (χ4n) is 6.05. The van der Waals surface area contributed by atoms with E-state index in [1.807, 2.05) is 18.2 Å². The molecule has 1 aliphatic heterocycles. The molecule has 6 nitrogen and oxygen atoms in total. The van der Waals surface area contributed by atoms with Crippen LogP contribution in [-0.2, 0) is 0 Å². The highest BCUT2D eigenvalue weighted by molar-refractivity contribution is 5.63. The van der Waals surface area contributed by atoms with Gasteiger partial charge in [-0.05, 0) is 60.6 Å². The van der Waals surface area contributed by atoms with Gasteiger partial charge in [0, 0.05) is 23.4 Å². The van der Waals surface area contributed by atoms with Gasteiger partial charge in [0.25, 0.3) is 5.69 Å². The Bertz CT molecular complexity index is 944. The van der Waals surface area contributed by atoms with Gasteiger partial charge >= 0.3 is 0 Å². The average Bonchev–Trinajstić information content (AvgIpc) is 3.34. The molecule has 6 heteroatoms. The predicted octanol–water partition coefficient (Wildman–Crippen LogP) is 4.91. The Hall–Kier alpha value is -2.76. The number of nitro groups is 1. The van der Waals surface area contributed by atoms with E-state index in [4.69, 9.17) is 9.47 Å². The van der Waals surface area contributed by atoms with E-state index in [9.17, 15) is 10.1 Å². The van der Waals surface area contributed by atoms with Crippen LogP contribution in [0.5, 0.6) is 11.5 Å². The van der Waals surface area contributed by atoms with Gasteiger partial charge in [-0.2, -0.15) is 0 Å². The van der Waals surface area contributed by atoms with Crippen molar-refractivity contribution in [2.24, 2.45) is 17.8 Å². The smallest absolute Gasteiger partial charge is 0.269 e. The van der Waals surface area contributed by atoms with E-state index in [1.165, 1.54) is 19.3 Å². The number of nitrogens with one attached hydrogen (secondary N) is 1. The van der Waals surface area contributed by atoms with Crippen molar-refractivity contribution in [3.8, 4) is 11.5 Å². The topological polar surface area (TPSA) is 73.6 Å². The maximum atomic E-state index is 11.3. The van der Waals surface area contributed by atoms with E-state index in [1.54, 1.807) is 26.4 Å². The Balaban J connectivity index is 1.65. The molecule has 1 N–H and O–H groups in total. The van der Waals surface area contributed by atoms with Gasteiger partial charge in [0.05, 0.1) is 25.2 Å². The van der Waals surface area contributed by atoms with E-state index < -0.39 is 0 Å². The van der Waals surface area contributed by atoms with Crippen LogP contribution < -0.4 is 14.8 Å². The lowest BCUT2D eigenvalue weighted by molar-refractivity contribution is -0.384. The second kappa shape index (κ2) is 6.40. The number of para-hydroxylation sites is 1. The zero-order valence-corrected chi connectivity index (χ0v) is 16.1. The Morgan fingerprint density at radius 2 is 1.89 bits per heavy atom. The maximum Gasteiger partial charge on any atom is 0.269 e. The molecule has 2 bridgehead atoms. The first-order valence-corrected chi connectivity index (χ1v) is 9.88. The molecule has 2 aromatic carbocycles. The van der Waals surface area contributed by atoms with E-state index >= 15 is 0 Å². The first-order valence-electron chi connectivity index (χ1n) is 9.88. The van der Waals surface area contributed by atoms with Gasteiger partial charge in [0.2, 0.25) is 0 Å². The van der Waals surface area contributed by atoms with Gasteiger partial charge in [0.15, 0.2) is 11.5 Å².